The van der Waals surface area contributed by atoms with E-state index in [0.717, 1.165) is 5.02 Å². The highest BCUT2D eigenvalue weighted by Gasteiger charge is 2.19. The van der Waals surface area contributed by atoms with Gasteiger partial charge in [-0.2, -0.15) is 0 Å². The molecule has 0 radical (unpaired) electrons. The van der Waals surface area contributed by atoms with Gasteiger partial charge in [-0.15, -0.1) is 0 Å². The lowest BCUT2D eigenvalue weighted by Crippen LogP contribution is -1.92. The topological polar surface area (TPSA) is 4.93 Å². The lowest BCUT2D eigenvalue weighted by atomic mass is 9.95. The average Bonchev–Trinajstić information content (AvgIpc) is 2.97. The molecule has 1 nitrogen and oxygen atoms in total. The van der Waals surface area contributed by atoms with E-state index in [4.69, 9.17) is 11.6 Å². The van der Waals surface area contributed by atoms with Crippen molar-refractivity contribution in [1.29, 1.82) is 0 Å². The third-order valence-electron chi connectivity index (χ3n) is 5.13. The maximum absolute atomic E-state index is 6.15. The van der Waals surface area contributed by atoms with E-state index in [1.165, 1.54) is 47.3 Å². The fraction of sp³-hybridized carbons (Fsp3) is 0.0435. The Bertz CT molecular complexity index is 1300. The number of halogens is 2. The third-order valence-corrected chi connectivity index (χ3v) is 6.50. The van der Waals surface area contributed by atoms with Crippen molar-refractivity contribution in [3.63, 3.8) is 0 Å². The Morgan fingerprint density at radius 1 is 0.769 bits per heavy atom. The summed E-state index contributed by atoms with van der Waals surface area (Å²) >= 11 is 8.64. The molecule has 0 aliphatic heterocycles. The predicted molar refractivity (Wildman–Crippen MR) is 121 cm³/mol. The Labute approximate surface area is 170 Å². The number of nitrogens with zero attached hydrogens (tertiary/aromatic N) is 1. The molecule has 5 aromatic rings. The molecule has 0 spiro atoms. The molecule has 0 N–H and O–H groups in total. The van der Waals surface area contributed by atoms with Gasteiger partial charge in [-0.05, 0) is 51.7 Å². The largest absolute Gasteiger partial charge is 0.343 e. The molecule has 3 heteroatoms. The van der Waals surface area contributed by atoms with Crippen LogP contribution in [0.15, 0.2) is 72.8 Å². The van der Waals surface area contributed by atoms with E-state index in [9.17, 15) is 0 Å². The summed E-state index contributed by atoms with van der Waals surface area (Å²) in [6.45, 7) is 0. The first-order chi connectivity index (χ1) is 12.7. The smallest absolute Gasteiger partial charge is 0.0575 e. The van der Waals surface area contributed by atoms with Crippen molar-refractivity contribution in [3.8, 4) is 11.1 Å². The zero-order chi connectivity index (χ0) is 17.8. The quantitative estimate of drug-likeness (QED) is 0.226. The van der Waals surface area contributed by atoms with E-state index in [2.05, 4.69) is 94.9 Å². The number of para-hydroxylation sites is 1. The van der Waals surface area contributed by atoms with E-state index in [1.54, 1.807) is 0 Å². The molecular weight excluding hydrogens is 453 g/mol. The van der Waals surface area contributed by atoms with Gasteiger partial charge >= 0.3 is 0 Å². The van der Waals surface area contributed by atoms with Crippen LogP contribution in [0.1, 0.15) is 0 Å². The Balaban J connectivity index is 2.11. The maximum atomic E-state index is 6.15. The van der Waals surface area contributed by atoms with E-state index in [1.807, 2.05) is 12.1 Å². The monoisotopic (exact) mass is 467 g/mol. The standard InChI is InChI=1S/C23H15ClIN/c1-26-19-9-5-4-8-18(19)21-20(14-10-12-15(24)13-11-14)22(25)16-6-2-3-7-17(16)23(21)26/h2-13H,1H3. The SMILES string of the molecule is Cn1c2ccccc2c2c(-c3ccc(Cl)cc3)c(I)c3ccccc3c21. The molecule has 0 fully saturated rings. The summed E-state index contributed by atoms with van der Waals surface area (Å²) in [6.07, 6.45) is 0. The zero-order valence-electron chi connectivity index (χ0n) is 14.1. The van der Waals surface area contributed by atoms with Crippen LogP contribution in [0.3, 0.4) is 0 Å². The molecule has 0 atom stereocenters. The first-order valence-corrected chi connectivity index (χ1v) is 9.96. The molecule has 4 aromatic carbocycles. The maximum Gasteiger partial charge on any atom is 0.0575 e. The van der Waals surface area contributed by atoms with Gasteiger partial charge in [-0.3, -0.25) is 0 Å². The third kappa shape index (κ3) is 2.22. The molecule has 1 heterocycles. The van der Waals surface area contributed by atoms with Crippen LogP contribution in [0.25, 0.3) is 43.7 Å². The van der Waals surface area contributed by atoms with Crippen molar-refractivity contribution in [2.24, 2.45) is 7.05 Å². The van der Waals surface area contributed by atoms with E-state index in [0.29, 0.717) is 0 Å². The molecule has 0 aliphatic carbocycles. The number of aryl methyl sites for hydroxylation is 1. The molecule has 1 aromatic heterocycles. The fourth-order valence-electron chi connectivity index (χ4n) is 3.97. The van der Waals surface area contributed by atoms with Crippen LogP contribution >= 0.6 is 34.2 Å². The highest BCUT2D eigenvalue weighted by atomic mass is 127. The second kappa shape index (κ2) is 6.00. The number of hydrogen-bond acceptors (Lipinski definition) is 0. The predicted octanol–water partition coefficient (Wildman–Crippen LogP) is 7.41. The Morgan fingerprint density at radius 2 is 1.38 bits per heavy atom. The Morgan fingerprint density at radius 3 is 2.12 bits per heavy atom. The summed E-state index contributed by atoms with van der Waals surface area (Å²) in [5.41, 5.74) is 5.02. The fourth-order valence-corrected chi connectivity index (χ4v) is 5.15. The molecule has 0 bridgehead atoms. The lowest BCUT2D eigenvalue weighted by molar-refractivity contribution is 1.02. The van der Waals surface area contributed by atoms with Crippen molar-refractivity contribution in [1.82, 2.24) is 4.57 Å². The second-order valence-corrected chi connectivity index (χ2v) is 8.06. The zero-order valence-corrected chi connectivity index (χ0v) is 17.0. The molecule has 5 rings (SSSR count). The first kappa shape index (κ1) is 16.2. The first-order valence-electron chi connectivity index (χ1n) is 8.50. The normalized spacial score (nSPS) is 11.7. The lowest BCUT2D eigenvalue weighted by Gasteiger charge is -2.13. The minimum absolute atomic E-state index is 0.763. The van der Waals surface area contributed by atoms with Crippen molar-refractivity contribution in [3.05, 3.63) is 81.4 Å². The van der Waals surface area contributed by atoms with Crippen LogP contribution in [0.2, 0.25) is 5.02 Å². The molecule has 0 unspecified atom stereocenters. The number of fused-ring (bicyclic) bond motifs is 5. The molecular formula is C23H15ClIN. The van der Waals surface area contributed by atoms with Crippen molar-refractivity contribution in [2.75, 3.05) is 0 Å². The van der Waals surface area contributed by atoms with Gasteiger partial charge in [0.2, 0.25) is 0 Å². The highest BCUT2D eigenvalue weighted by Crippen LogP contribution is 2.44. The van der Waals surface area contributed by atoms with Crippen LogP contribution in [0.4, 0.5) is 0 Å². The van der Waals surface area contributed by atoms with Crippen LogP contribution in [-0.4, -0.2) is 4.57 Å². The number of aromatic nitrogens is 1. The number of hydrogen-bond donors (Lipinski definition) is 0. The average molecular weight is 468 g/mol. The van der Waals surface area contributed by atoms with Gasteiger partial charge in [0.1, 0.15) is 0 Å². The molecule has 0 amide bonds. The summed E-state index contributed by atoms with van der Waals surface area (Å²) < 4.78 is 3.60. The van der Waals surface area contributed by atoms with Gasteiger partial charge in [0.15, 0.2) is 0 Å². The summed E-state index contributed by atoms with van der Waals surface area (Å²) in [5.74, 6) is 0. The summed E-state index contributed by atoms with van der Waals surface area (Å²) in [5, 5.41) is 5.95. The Hall–Kier alpha value is -2.04. The van der Waals surface area contributed by atoms with Crippen molar-refractivity contribution in [2.45, 2.75) is 0 Å². The number of rotatable bonds is 1. The Kier molecular flexibility index (Phi) is 3.73. The summed E-state index contributed by atoms with van der Waals surface area (Å²) in [4.78, 5) is 0. The van der Waals surface area contributed by atoms with Gasteiger partial charge in [0.05, 0.1) is 5.52 Å². The van der Waals surface area contributed by atoms with E-state index < -0.39 is 0 Å². The minimum atomic E-state index is 0.763. The summed E-state index contributed by atoms with van der Waals surface area (Å²) in [6, 6.07) is 25.5. The molecule has 126 valence electrons. The van der Waals surface area contributed by atoms with Crippen LogP contribution in [0.5, 0.6) is 0 Å². The van der Waals surface area contributed by atoms with Crippen molar-refractivity contribution < 1.29 is 0 Å². The molecule has 26 heavy (non-hydrogen) atoms. The second-order valence-electron chi connectivity index (χ2n) is 6.54. The number of benzene rings is 4. The van der Waals surface area contributed by atoms with E-state index >= 15 is 0 Å². The van der Waals surface area contributed by atoms with Gasteiger partial charge < -0.3 is 4.57 Å². The summed E-state index contributed by atoms with van der Waals surface area (Å²) in [7, 11) is 2.16. The highest BCUT2D eigenvalue weighted by molar-refractivity contribution is 14.1. The van der Waals surface area contributed by atoms with Gasteiger partial charge in [0, 0.05) is 42.9 Å². The van der Waals surface area contributed by atoms with Gasteiger partial charge in [0.25, 0.3) is 0 Å². The minimum Gasteiger partial charge on any atom is -0.343 e. The van der Waals surface area contributed by atoms with Crippen LogP contribution < -0.4 is 0 Å². The molecule has 0 saturated carbocycles. The van der Waals surface area contributed by atoms with Crippen LogP contribution in [0, 0.1) is 3.57 Å². The van der Waals surface area contributed by atoms with E-state index in [-0.39, 0.29) is 0 Å². The van der Waals surface area contributed by atoms with Gasteiger partial charge in [-0.1, -0.05) is 66.2 Å². The molecule has 0 saturated heterocycles. The van der Waals surface area contributed by atoms with Gasteiger partial charge in [-0.25, -0.2) is 0 Å². The van der Waals surface area contributed by atoms with Crippen molar-refractivity contribution >= 4 is 66.8 Å². The van der Waals surface area contributed by atoms with Crippen LogP contribution in [-0.2, 0) is 7.05 Å². The molecule has 0 aliphatic rings.